The molecule has 1 N–H and O–H groups in total. The Morgan fingerprint density at radius 3 is 2.55 bits per heavy atom. The molecule has 2 unspecified atom stereocenters. The summed E-state index contributed by atoms with van der Waals surface area (Å²) >= 11 is 0. The number of hydrogen-bond donors (Lipinski definition) is 1. The van der Waals surface area contributed by atoms with E-state index in [1.807, 2.05) is 0 Å². The number of nitriles is 1. The summed E-state index contributed by atoms with van der Waals surface area (Å²) in [6, 6.07) is 2.16. The van der Waals surface area contributed by atoms with E-state index in [2.05, 4.69) is 18.2 Å². The van der Waals surface area contributed by atoms with Crippen LogP contribution in [0.5, 0.6) is 0 Å². The first-order valence-electron chi connectivity index (χ1n) is 4.01. The van der Waals surface area contributed by atoms with Gasteiger partial charge in [0.05, 0.1) is 6.07 Å². The van der Waals surface area contributed by atoms with Gasteiger partial charge in [-0.1, -0.05) is 12.2 Å². The van der Waals surface area contributed by atoms with Crippen molar-refractivity contribution in [1.29, 1.82) is 5.26 Å². The van der Waals surface area contributed by atoms with Crippen LogP contribution < -0.4 is 0 Å². The summed E-state index contributed by atoms with van der Waals surface area (Å²) in [6.45, 7) is 0.219. The lowest BCUT2D eigenvalue weighted by atomic mass is 9.82. The summed E-state index contributed by atoms with van der Waals surface area (Å²) in [7, 11) is 0. The maximum absolute atomic E-state index is 8.94. The van der Waals surface area contributed by atoms with Gasteiger partial charge in [-0.05, 0) is 24.7 Å². The molecule has 0 aromatic heterocycles. The molecule has 0 amide bonds. The van der Waals surface area contributed by atoms with E-state index in [1.54, 1.807) is 0 Å². The summed E-state index contributed by atoms with van der Waals surface area (Å²) in [5.41, 5.74) is 0. The van der Waals surface area contributed by atoms with Crippen molar-refractivity contribution in [3.05, 3.63) is 12.2 Å². The van der Waals surface area contributed by atoms with E-state index < -0.39 is 0 Å². The molecule has 2 nitrogen and oxygen atoms in total. The van der Waals surface area contributed by atoms with Crippen LogP contribution in [0.4, 0.5) is 0 Å². The third kappa shape index (κ3) is 2.06. The Bertz CT molecular complexity index is 180. The Kier molecular flexibility index (Phi) is 3.13. The largest absolute Gasteiger partial charge is 0.396 e. The van der Waals surface area contributed by atoms with Crippen LogP contribution in [0.25, 0.3) is 0 Å². The summed E-state index contributed by atoms with van der Waals surface area (Å²) in [6.07, 6.45) is 6.67. The Balaban J connectivity index is 2.48. The molecule has 0 bridgehead atoms. The molecule has 0 aromatic carbocycles. The predicted molar refractivity (Wildman–Crippen MR) is 42.7 cm³/mol. The second-order valence-electron chi connectivity index (χ2n) is 3.01. The molecule has 0 saturated carbocycles. The molecule has 1 rings (SSSR count). The minimum absolute atomic E-state index is 0.219. The van der Waals surface area contributed by atoms with Crippen molar-refractivity contribution in [3.63, 3.8) is 0 Å². The molecule has 0 spiro atoms. The van der Waals surface area contributed by atoms with Crippen molar-refractivity contribution in [2.45, 2.75) is 19.3 Å². The minimum atomic E-state index is 0.219. The van der Waals surface area contributed by atoms with E-state index in [0.717, 1.165) is 12.8 Å². The quantitative estimate of drug-likeness (QED) is 0.607. The highest BCUT2D eigenvalue weighted by molar-refractivity contribution is 4.96. The number of aliphatic hydroxyl groups is 1. The lowest BCUT2D eigenvalue weighted by Gasteiger charge is -2.24. The van der Waals surface area contributed by atoms with E-state index in [-0.39, 0.29) is 6.61 Å². The van der Waals surface area contributed by atoms with Crippen LogP contribution in [0.2, 0.25) is 0 Å². The molecule has 1 aliphatic rings. The average Bonchev–Trinajstić information content (AvgIpc) is 2.06. The van der Waals surface area contributed by atoms with Gasteiger partial charge in [0.25, 0.3) is 0 Å². The van der Waals surface area contributed by atoms with Crippen LogP contribution in [-0.2, 0) is 0 Å². The zero-order valence-corrected chi connectivity index (χ0v) is 6.53. The van der Waals surface area contributed by atoms with E-state index in [9.17, 15) is 0 Å². The highest BCUT2D eigenvalue weighted by Gasteiger charge is 2.20. The second-order valence-corrected chi connectivity index (χ2v) is 3.01. The number of nitrogens with zero attached hydrogens (tertiary/aromatic N) is 1. The van der Waals surface area contributed by atoms with Crippen LogP contribution in [0.1, 0.15) is 19.3 Å². The monoisotopic (exact) mass is 151 g/mol. The molecule has 60 valence electrons. The zero-order valence-electron chi connectivity index (χ0n) is 6.53. The maximum Gasteiger partial charge on any atom is 0.0624 e. The highest BCUT2D eigenvalue weighted by Crippen LogP contribution is 2.27. The smallest absolute Gasteiger partial charge is 0.0624 e. The maximum atomic E-state index is 8.94. The highest BCUT2D eigenvalue weighted by atomic mass is 16.3. The molecular formula is C9H13NO. The van der Waals surface area contributed by atoms with Gasteiger partial charge in [-0.3, -0.25) is 0 Å². The summed E-state index contributed by atoms with van der Waals surface area (Å²) in [5, 5.41) is 17.4. The van der Waals surface area contributed by atoms with Crippen LogP contribution >= 0.6 is 0 Å². The zero-order chi connectivity index (χ0) is 8.10. The lowest BCUT2D eigenvalue weighted by Crippen LogP contribution is -2.19. The Labute approximate surface area is 67.2 Å². The molecule has 1 aliphatic carbocycles. The van der Waals surface area contributed by atoms with E-state index in [1.165, 1.54) is 0 Å². The topological polar surface area (TPSA) is 44.0 Å². The molecular weight excluding hydrogens is 138 g/mol. The second kappa shape index (κ2) is 4.15. The number of hydrogen-bond acceptors (Lipinski definition) is 2. The average molecular weight is 151 g/mol. The van der Waals surface area contributed by atoms with Crippen molar-refractivity contribution in [2.75, 3.05) is 6.61 Å². The van der Waals surface area contributed by atoms with Crippen molar-refractivity contribution < 1.29 is 5.11 Å². The normalized spacial score (nSPS) is 29.8. The van der Waals surface area contributed by atoms with Gasteiger partial charge in [0.2, 0.25) is 0 Å². The number of aliphatic hydroxyl groups excluding tert-OH is 1. The fraction of sp³-hybridized carbons (Fsp3) is 0.667. The molecule has 0 aromatic rings. The summed E-state index contributed by atoms with van der Waals surface area (Å²) in [4.78, 5) is 0. The standard InChI is InChI=1S/C9H13NO/c10-6-5-8-3-1-2-4-9(8)7-11/h1-2,8-9,11H,3-5,7H2. The van der Waals surface area contributed by atoms with Crippen LogP contribution in [0.3, 0.4) is 0 Å². The van der Waals surface area contributed by atoms with Gasteiger partial charge in [-0.15, -0.1) is 0 Å². The van der Waals surface area contributed by atoms with Gasteiger partial charge in [0, 0.05) is 13.0 Å². The van der Waals surface area contributed by atoms with Gasteiger partial charge < -0.3 is 5.11 Å². The fourth-order valence-corrected chi connectivity index (χ4v) is 1.52. The van der Waals surface area contributed by atoms with Crippen molar-refractivity contribution in [1.82, 2.24) is 0 Å². The van der Waals surface area contributed by atoms with Crippen molar-refractivity contribution >= 4 is 0 Å². The van der Waals surface area contributed by atoms with Gasteiger partial charge >= 0.3 is 0 Å². The fourth-order valence-electron chi connectivity index (χ4n) is 1.52. The van der Waals surface area contributed by atoms with Gasteiger partial charge in [-0.2, -0.15) is 5.26 Å². The van der Waals surface area contributed by atoms with Crippen molar-refractivity contribution in [3.8, 4) is 6.07 Å². The molecule has 0 heterocycles. The van der Waals surface area contributed by atoms with Gasteiger partial charge in [0.1, 0.15) is 0 Å². The van der Waals surface area contributed by atoms with E-state index in [0.29, 0.717) is 18.3 Å². The van der Waals surface area contributed by atoms with E-state index in [4.69, 9.17) is 10.4 Å². The Morgan fingerprint density at radius 1 is 1.36 bits per heavy atom. The first-order chi connectivity index (χ1) is 5.38. The third-order valence-electron chi connectivity index (χ3n) is 2.30. The first kappa shape index (κ1) is 8.29. The number of rotatable bonds is 2. The van der Waals surface area contributed by atoms with E-state index >= 15 is 0 Å². The molecule has 2 heteroatoms. The summed E-state index contributed by atoms with van der Waals surface area (Å²) in [5.74, 6) is 0.703. The summed E-state index contributed by atoms with van der Waals surface area (Å²) < 4.78 is 0. The van der Waals surface area contributed by atoms with Gasteiger partial charge in [0.15, 0.2) is 0 Å². The van der Waals surface area contributed by atoms with Crippen LogP contribution in [0, 0.1) is 23.2 Å². The SMILES string of the molecule is N#CCC1CC=CCC1CO. The minimum Gasteiger partial charge on any atom is -0.396 e. The molecule has 0 radical (unpaired) electrons. The molecule has 11 heavy (non-hydrogen) atoms. The Morgan fingerprint density at radius 2 is 2.00 bits per heavy atom. The van der Waals surface area contributed by atoms with Gasteiger partial charge in [-0.25, -0.2) is 0 Å². The lowest BCUT2D eigenvalue weighted by molar-refractivity contribution is 0.173. The first-order valence-corrected chi connectivity index (χ1v) is 4.01. The molecule has 0 fully saturated rings. The van der Waals surface area contributed by atoms with Crippen molar-refractivity contribution in [2.24, 2.45) is 11.8 Å². The molecule has 2 atom stereocenters. The molecule has 0 saturated heterocycles. The van der Waals surface area contributed by atoms with Crippen LogP contribution in [0.15, 0.2) is 12.2 Å². The number of allylic oxidation sites excluding steroid dienone is 2. The third-order valence-corrected chi connectivity index (χ3v) is 2.30. The predicted octanol–water partition coefficient (Wildman–Crippen LogP) is 1.47. The Hall–Kier alpha value is -0.810. The van der Waals surface area contributed by atoms with Crippen LogP contribution in [-0.4, -0.2) is 11.7 Å². The molecule has 0 aliphatic heterocycles.